The molecule has 1 fully saturated rings. The number of nitrogens with zero attached hydrogens (tertiary/aromatic N) is 1. The van der Waals surface area contributed by atoms with Crippen molar-refractivity contribution < 1.29 is 9.53 Å². The van der Waals surface area contributed by atoms with Crippen molar-refractivity contribution in [3.63, 3.8) is 0 Å². The molecule has 19 heavy (non-hydrogen) atoms. The molecule has 1 unspecified atom stereocenters. The zero-order valence-corrected chi connectivity index (χ0v) is 11.6. The Morgan fingerprint density at radius 2 is 2.26 bits per heavy atom. The standard InChI is InChI=1S/C15H22N2O2/c1-11(16)8-12-4-3-5-14(9-12)19-10-15(18)17(2)13-6-7-13/h3-5,9,11,13H,6-8,10,16H2,1-2H3. The second kappa shape index (κ2) is 6.06. The van der Waals surface area contributed by atoms with Crippen molar-refractivity contribution in [2.75, 3.05) is 13.7 Å². The van der Waals surface area contributed by atoms with Crippen LogP contribution >= 0.6 is 0 Å². The first-order valence-corrected chi connectivity index (χ1v) is 6.79. The van der Waals surface area contributed by atoms with E-state index >= 15 is 0 Å². The number of likely N-dealkylation sites (N-methyl/N-ethyl adjacent to an activating group) is 1. The van der Waals surface area contributed by atoms with Gasteiger partial charge in [0.15, 0.2) is 6.61 Å². The highest BCUT2D eigenvalue weighted by Crippen LogP contribution is 2.25. The minimum atomic E-state index is 0.0418. The highest BCUT2D eigenvalue weighted by atomic mass is 16.5. The number of hydrogen-bond acceptors (Lipinski definition) is 3. The Balaban J connectivity index is 1.86. The van der Waals surface area contributed by atoms with E-state index in [1.807, 2.05) is 38.2 Å². The van der Waals surface area contributed by atoms with E-state index in [-0.39, 0.29) is 18.6 Å². The number of nitrogens with two attached hydrogens (primary N) is 1. The number of amides is 1. The van der Waals surface area contributed by atoms with Crippen molar-refractivity contribution >= 4 is 5.91 Å². The fraction of sp³-hybridized carbons (Fsp3) is 0.533. The van der Waals surface area contributed by atoms with Crippen molar-refractivity contribution in [1.82, 2.24) is 4.90 Å². The van der Waals surface area contributed by atoms with Gasteiger partial charge in [-0.15, -0.1) is 0 Å². The largest absolute Gasteiger partial charge is 0.484 e. The number of carbonyl (C=O) groups excluding carboxylic acids is 1. The molecule has 0 radical (unpaired) electrons. The number of benzene rings is 1. The van der Waals surface area contributed by atoms with Gasteiger partial charge in [0.1, 0.15) is 5.75 Å². The summed E-state index contributed by atoms with van der Waals surface area (Å²) in [6, 6.07) is 8.33. The third-order valence-electron chi connectivity index (χ3n) is 3.31. The molecule has 1 aliphatic rings. The molecule has 1 aromatic rings. The highest BCUT2D eigenvalue weighted by molar-refractivity contribution is 5.78. The molecule has 1 aliphatic carbocycles. The number of hydrogen-bond donors (Lipinski definition) is 1. The molecule has 2 N–H and O–H groups in total. The predicted octanol–water partition coefficient (Wildman–Crippen LogP) is 1.58. The summed E-state index contributed by atoms with van der Waals surface area (Å²) in [6.07, 6.45) is 3.05. The minimum absolute atomic E-state index is 0.0418. The lowest BCUT2D eigenvalue weighted by Crippen LogP contribution is -2.33. The van der Waals surface area contributed by atoms with Crippen molar-refractivity contribution in [3.05, 3.63) is 29.8 Å². The van der Waals surface area contributed by atoms with Crippen LogP contribution in [-0.4, -0.2) is 36.5 Å². The molecule has 4 nitrogen and oxygen atoms in total. The normalized spacial score (nSPS) is 15.9. The average Bonchev–Trinajstić information content (AvgIpc) is 3.19. The summed E-state index contributed by atoms with van der Waals surface area (Å²) in [7, 11) is 1.84. The first-order chi connectivity index (χ1) is 9.06. The number of ether oxygens (including phenoxy) is 1. The van der Waals surface area contributed by atoms with Gasteiger partial charge in [-0.25, -0.2) is 0 Å². The van der Waals surface area contributed by atoms with Gasteiger partial charge in [-0.3, -0.25) is 4.79 Å². The lowest BCUT2D eigenvalue weighted by Gasteiger charge is -2.16. The Morgan fingerprint density at radius 3 is 2.89 bits per heavy atom. The average molecular weight is 262 g/mol. The lowest BCUT2D eigenvalue weighted by atomic mass is 10.1. The molecule has 0 bridgehead atoms. The van der Waals surface area contributed by atoms with Crippen LogP contribution in [0.5, 0.6) is 5.75 Å². The summed E-state index contributed by atoms with van der Waals surface area (Å²) in [5.74, 6) is 0.774. The zero-order chi connectivity index (χ0) is 13.8. The molecule has 4 heteroatoms. The number of carbonyl (C=O) groups is 1. The second-order valence-electron chi connectivity index (χ2n) is 5.35. The van der Waals surface area contributed by atoms with Crippen molar-refractivity contribution in [2.24, 2.45) is 5.73 Å². The molecular formula is C15H22N2O2. The van der Waals surface area contributed by atoms with Gasteiger partial charge in [-0.2, -0.15) is 0 Å². The monoisotopic (exact) mass is 262 g/mol. The Hall–Kier alpha value is -1.55. The quantitative estimate of drug-likeness (QED) is 0.846. The van der Waals surface area contributed by atoms with Crippen molar-refractivity contribution in [3.8, 4) is 5.75 Å². The van der Waals surface area contributed by atoms with E-state index in [0.29, 0.717) is 6.04 Å². The van der Waals surface area contributed by atoms with Gasteiger partial charge in [-0.1, -0.05) is 12.1 Å². The Bertz CT molecular complexity index is 442. The van der Waals surface area contributed by atoms with Crippen molar-refractivity contribution in [2.45, 2.75) is 38.3 Å². The van der Waals surface area contributed by atoms with Crippen LogP contribution in [-0.2, 0) is 11.2 Å². The molecular weight excluding hydrogens is 240 g/mol. The maximum atomic E-state index is 11.8. The fourth-order valence-corrected chi connectivity index (χ4v) is 2.05. The SMILES string of the molecule is CC(N)Cc1cccc(OCC(=O)N(C)C2CC2)c1. The molecule has 0 heterocycles. The van der Waals surface area contributed by atoms with Crippen LogP contribution in [0.2, 0.25) is 0 Å². The van der Waals surface area contributed by atoms with Crippen molar-refractivity contribution in [1.29, 1.82) is 0 Å². The van der Waals surface area contributed by atoms with Crippen LogP contribution in [0, 0.1) is 0 Å². The van der Waals surface area contributed by atoms with Crippen LogP contribution < -0.4 is 10.5 Å². The van der Waals surface area contributed by atoms with Crippen LogP contribution in [0.25, 0.3) is 0 Å². The van der Waals surface area contributed by atoms with Gasteiger partial charge < -0.3 is 15.4 Å². The molecule has 0 saturated heterocycles. The maximum Gasteiger partial charge on any atom is 0.260 e. The third kappa shape index (κ3) is 4.24. The van der Waals surface area contributed by atoms with Gasteiger partial charge in [0.2, 0.25) is 0 Å². The van der Waals surface area contributed by atoms with Gasteiger partial charge >= 0.3 is 0 Å². The van der Waals surface area contributed by atoms with E-state index in [1.54, 1.807) is 4.90 Å². The van der Waals surface area contributed by atoms with E-state index in [4.69, 9.17) is 10.5 Å². The summed E-state index contributed by atoms with van der Waals surface area (Å²) in [4.78, 5) is 13.6. The summed E-state index contributed by atoms with van der Waals surface area (Å²) < 4.78 is 5.56. The van der Waals surface area contributed by atoms with E-state index in [9.17, 15) is 4.79 Å². The molecule has 1 saturated carbocycles. The summed E-state index contributed by atoms with van der Waals surface area (Å²) in [5, 5.41) is 0. The third-order valence-corrected chi connectivity index (χ3v) is 3.31. The predicted molar refractivity (Wildman–Crippen MR) is 75.1 cm³/mol. The number of rotatable bonds is 6. The first kappa shape index (κ1) is 13.9. The van der Waals surface area contributed by atoms with Crippen LogP contribution in [0.3, 0.4) is 0 Å². The van der Waals surface area contributed by atoms with Crippen LogP contribution in [0.1, 0.15) is 25.3 Å². The summed E-state index contributed by atoms with van der Waals surface area (Å²) >= 11 is 0. The Morgan fingerprint density at radius 1 is 1.53 bits per heavy atom. The Labute approximate surface area is 114 Å². The smallest absolute Gasteiger partial charge is 0.260 e. The van der Waals surface area contributed by atoms with Gasteiger partial charge in [0.05, 0.1) is 0 Å². The van der Waals surface area contributed by atoms with Gasteiger partial charge in [0, 0.05) is 19.1 Å². The molecule has 1 atom stereocenters. The Kier molecular flexibility index (Phi) is 4.43. The van der Waals surface area contributed by atoms with Crippen LogP contribution in [0.15, 0.2) is 24.3 Å². The first-order valence-electron chi connectivity index (χ1n) is 6.79. The molecule has 0 spiro atoms. The zero-order valence-electron chi connectivity index (χ0n) is 11.6. The van der Waals surface area contributed by atoms with Gasteiger partial charge in [-0.05, 0) is 43.9 Å². The maximum absolute atomic E-state index is 11.8. The molecule has 0 aliphatic heterocycles. The van der Waals surface area contributed by atoms with Gasteiger partial charge in [0.25, 0.3) is 5.91 Å². The van der Waals surface area contributed by atoms with E-state index < -0.39 is 0 Å². The van der Waals surface area contributed by atoms with E-state index in [2.05, 4.69) is 0 Å². The second-order valence-corrected chi connectivity index (χ2v) is 5.35. The van der Waals surface area contributed by atoms with E-state index in [0.717, 1.165) is 30.6 Å². The molecule has 1 aromatic carbocycles. The molecule has 2 rings (SSSR count). The van der Waals surface area contributed by atoms with E-state index in [1.165, 1.54) is 0 Å². The topological polar surface area (TPSA) is 55.6 Å². The van der Waals surface area contributed by atoms with Crippen LogP contribution in [0.4, 0.5) is 0 Å². The highest BCUT2D eigenvalue weighted by Gasteiger charge is 2.29. The lowest BCUT2D eigenvalue weighted by molar-refractivity contribution is -0.132. The molecule has 1 amide bonds. The fourth-order valence-electron chi connectivity index (χ4n) is 2.05. The minimum Gasteiger partial charge on any atom is -0.484 e. The summed E-state index contributed by atoms with van der Waals surface area (Å²) in [5.41, 5.74) is 6.91. The molecule has 104 valence electrons. The summed E-state index contributed by atoms with van der Waals surface area (Å²) in [6.45, 7) is 2.08. The molecule has 0 aromatic heterocycles.